The summed E-state index contributed by atoms with van der Waals surface area (Å²) in [4.78, 5) is 6.95. The minimum atomic E-state index is -0.608. The summed E-state index contributed by atoms with van der Waals surface area (Å²) in [6, 6.07) is 3.03. The van der Waals surface area contributed by atoms with Crippen LogP contribution in [0.25, 0.3) is 9.69 Å². The smallest absolute Gasteiger partial charge is 0.297 e. The topological polar surface area (TPSA) is 56.3 Å². The molecule has 4 nitrogen and oxygen atoms in total. The van der Waals surface area contributed by atoms with Crippen molar-refractivity contribution in [2.24, 2.45) is 29.6 Å². The zero-order chi connectivity index (χ0) is 14.7. The molecule has 0 aromatic carbocycles. The number of hydrogen-bond donors (Lipinski definition) is 0. The average Bonchev–Trinajstić information content (AvgIpc) is 2.81. The Balaban J connectivity index is 2.29. The summed E-state index contributed by atoms with van der Waals surface area (Å²) >= 11 is 0. The Bertz CT molecular complexity index is 499. The van der Waals surface area contributed by atoms with Crippen molar-refractivity contribution in [2.75, 3.05) is 0 Å². The predicted molar refractivity (Wildman–Crippen MR) is 73.6 cm³/mol. The molecule has 20 heavy (non-hydrogen) atoms. The summed E-state index contributed by atoms with van der Waals surface area (Å²) in [5, 5.41) is 18.4. The summed E-state index contributed by atoms with van der Waals surface area (Å²) in [5.41, 5.74) is 0. The van der Waals surface area contributed by atoms with Crippen LogP contribution in [0.3, 0.4) is 0 Å². The van der Waals surface area contributed by atoms with Crippen molar-refractivity contribution in [2.45, 2.75) is 44.7 Å². The van der Waals surface area contributed by atoms with Gasteiger partial charge < -0.3 is 0 Å². The van der Waals surface area contributed by atoms with E-state index in [-0.39, 0.29) is 11.8 Å². The highest BCUT2D eigenvalue weighted by molar-refractivity contribution is 5.15. The SMILES string of the molecule is [C-]#[N+]C(C#N)C1CC(C(C#N)[N+]#[C-])C2CC(C)CCC12. The van der Waals surface area contributed by atoms with Crippen LogP contribution in [0.15, 0.2) is 0 Å². The summed E-state index contributed by atoms with van der Waals surface area (Å²) in [6.07, 6.45) is 3.91. The van der Waals surface area contributed by atoms with Crippen molar-refractivity contribution >= 4 is 0 Å². The number of nitriles is 2. The second-order valence-electron chi connectivity index (χ2n) is 6.22. The number of rotatable bonds is 2. The highest BCUT2D eigenvalue weighted by atomic mass is 14.8. The largest absolute Gasteiger partial charge is 0.310 e. The first kappa shape index (κ1) is 14.4. The van der Waals surface area contributed by atoms with Crippen LogP contribution in [0.2, 0.25) is 0 Å². The van der Waals surface area contributed by atoms with E-state index in [1.165, 1.54) is 0 Å². The summed E-state index contributed by atoms with van der Waals surface area (Å²) in [7, 11) is 0. The van der Waals surface area contributed by atoms with E-state index >= 15 is 0 Å². The molecule has 2 saturated carbocycles. The van der Waals surface area contributed by atoms with E-state index in [1.54, 1.807) is 0 Å². The maximum atomic E-state index is 9.19. The third kappa shape index (κ3) is 2.35. The predicted octanol–water partition coefficient (Wildman–Crippen LogP) is 3.30. The van der Waals surface area contributed by atoms with Gasteiger partial charge in [-0.25, -0.2) is 13.1 Å². The highest BCUT2D eigenvalue weighted by Crippen LogP contribution is 2.53. The first-order valence-electron chi connectivity index (χ1n) is 7.18. The van der Waals surface area contributed by atoms with E-state index in [0.29, 0.717) is 24.2 Å². The van der Waals surface area contributed by atoms with Gasteiger partial charge in [-0.3, -0.25) is 9.69 Å². The second-order valence-corrected chi connectivity index (χ2v) is 6.22. The molecule has 102 valence electrons. The molecule has 0 aliphatic heterocycles. The molecular formula is C16H18N4. The molecule has 0 N–H and O–H groups in total. The van der Waals surface area contributed by atoms with Crippen molar-refractivity contribution < 1.29 is 0 Å². The molecule has 0 bridgehead atoms. The molecule has 0 aromatic rings. The molecule has 4 heteroatoms. The van der Waals surface area contributed by atoms with Gasteiger partial charge in [-0.05, 0) is 37.0 Å². The Morgan fingerprint density at radius 2 is 1.50 bits per heavy atom. The number of fused-ring (bicyclic) bond motifs is 1. The maximum absolute atomic E-state index is 9.19. The second kappa shape index (κ2) is 5.94. The normalized spacial score (nSPS) is 38.4. The van der Waals surface area contributed by atoms with Gasteiger partial charge in [0.25, 0.3) is 0 Å². The molecule has 0 spiro atoms. The van der Waals surface area contributed by atoms with Gasteiger partial charge in [0.05, 0.1) is 11.8 Å². The molecule has 0 amide bonds. The van der Waals surface area contributed by atoms with Gasteiger partial charge in [0, 0.05) is 0 Å². The highest BCUT2D eigenvalue weighted by Gasteiger charge is 2.54. The Morgan fingerprint density at radius 3 is 2.00 bits per heavy atom. The van der Waals surface area contributed by atoms with Crippen LogP contribution in [0.5, 0.6) is 0 Å². The lowest BCUT2D eigenvalue weighted by atomic mass is 9.70. The molecular weight excluding hydrogens is 248 g/mol. The van der Waals surface area contributed by atoms with E-state index in [9.17, 15) is 10.5 Å². The lowest BCUT2D eigenvalue weighted by Crippen LogP contribution is -2.30. The fraction of sp³-hybridized carbons (Fsp3) is 0.750. The molecule has 0 saturated heterocycles. The molecule has 2 rings (SSSR count). The van der Waals surface area contributed by atoms with Gasteiger partial charge in [0.2, 0.25) is 0 Å². The van der Waals surface area contributed by atoms with Gasteiger partial charge >= 0.3 is 12.1 Å². The molecule has 2 aliphatic carbocycles. The van der Waals surface area contributed by atoms with Crippen LogP contribution in [-0.2, 0) is 0 Å². The van der Waals surface area contributed by atoms with E-state index < -0.39 is 12.1 Å². The average molecular weight is 266 g/mol. The van der Waals surface area contributed by atoms with Crippen LogP contribution >= 0.6 is 0 Å². The van der Waals surface area contributed by atoms with Crippen molar-refractivity contribution in [1.29, 1.82) is 10.5 Å². The summed E-state index contributed by atoms with van der Waals surface area (Å²) in [6.45, 7) is 16.7. The van der Waals surface area contributed by atoms with Crippen LogP contribution in [0.4, 0.5) is 0 Å². The van der Waals surface area contributed by atoms with Gasteiger partial charge in [-0.15, -0.1) is 0 Å². The molecule has 2 fully saturated rings. The van der Waals surface area contributed by atoms with Crippen molar-refractivity contribution in [3.05, 3.63) is 22.8 Å². The molecule has 0 aromatic heterocycles. The van der Waals surface area contributed by atoms with Gasteiger partial charge in [-0.2, -0.15) is 10.5 Å². The van der Waals surface area contributed by atoms with Crippen LogP contribution in [0, 0.1) is 65.4 Å². The fourth-order valence-electron chi connectivity index (χ4n) is 4.30. The van der Waals surface area contributed by atoms with E-state index in [1.807, 2.05) is 0 Å². The zero-order valence-electron chi connectivity index (χ0n) is 11.7. The molecule has 0 radical (unpaired) electrons. The summed E-state index contributed by atoms with van der Waals surface area (Å²) < 4.78 is 0. The van der Waals surface area contributed by atoms with Crippen molar-refractivity contribution in [3.8, 4) is 12.1 Å². The van der Waals surface area contributed by atoms with Crippen molar-refractivity contribution in [1.82, 2.24) is 0 Å². The zero-order valence-corrected chi connectivity index (χ0v) is 11.7. The first-order valence-corrected chi connectivity index (χ1v) is 7.18. The number of hydrogen-bond acceptors (Lipinski definition) is 2. The minimum absolute atomic E-state index is 0.0489. The Labute approximate surface area is 120 Å². The molecule has 2 aliphatic rings. The Morgan fingerprint density at radius 1 is 0.950 bits per heavy atom. The molecule has 7 unspecified atom stereocenters. The van der Waals surface area contributed by atoms with Gasteiger partial charge in [0.1, 0.15) is 0 Å². The molecule has 7 atom stereocenters. The third-order valence-electron chi connectivity index (χ3n) is 5.22. The monoisotopic (exact) mass is 266 g/mol. The number of nitrogens with zero attached hydrogens (tertiary/aromatic N) is 4. The van der Waals surface area contributed by atoms with E-state index in [4.69, 9.17) is 13.1 Å². The lowest BCUT2D eigenvalue weighted by Gasteiger charge is -2.33. The van der Waals surface area contributed by atoms with Gasteiger partial charge in [0.15, 0.2) is 12.1 Å². The van der Waals surface area contributed by atoms with Crippen LogP contribution < -0.4 is 0 Å². The van der Waals surface area contributed by atoms with Crippen LogP contribution in [0.1, 0.15) is 32.6 Å². The third-order valence-corrected chi connectivity index (χ3v) is 5.22. The van der Waals surface area contributed by atoms with Crippen LogP contribution in [-0.4, -0.2) is 12.1 Å². The first-order chi connectivity index (χ1) is 9.65. The minimum Gasteiger partial charge on any atom is -0.297 e. The lowest BCUT2D eigenvalue weighted by molar-refractivity contribution is 0.160. The molecule has 0 heterocycles. The Hall–Kier alpha value is -2.04. The quantitative estimate of drug-likeness (QED) is 0.720. The standard InChI is InChI=1S/C16H18N4/c1-10-4-5-11-12(6-10)14(16(9-18)20-3)7-13(11)15(8-17)19-2/h10-16H,4-7H2,1H3. The van der Waals surface area contributed by atoms with Gasteiger partial charge in [-0.1, -0.05) is 13.3 Å². The Kier molecular flexibility index (Phi) is 4.27. The van der Waals surface area contributed by atoms with E-state index in [0.717, 1.165) is 19.3 Å². The van der Waals surface area contributed by atoms with E-state index in [2.05, 4.69) is 28.8 Å². The maximum Gasteiger partial charge on any atom is 0.310 e. The van der Waals surface area contributed by atoms with Crippen molar-refractivity contribution in [3.63, 3.8) is 0 Å². The fourth-order valence-corrected chi connectivity index (χ4v) is 4.30. The summed E-state index contributed by atoms with van der Waals surface area (Å²) in [5.74, 6) is 1.43.